The monoisotopic (exact) mass is 277 g/mol. The lowest BCUT2D eigenvalue weighted by Crippen LogP contribution is -2.26. The number of carbonyl (C=O) groups excluding carboxylic acids is 2. The van der Waals surface area contributed by atoms with Gasteiger partial charge in [0.1, 0.15) is 5.70 Å². The van der Waals surface area contributed by atoms with Crippen LogP contribution in [0.3, 0.4) is 0 Å². The standard InChI is InChI=1S/C12H11N3O5/c1-2-20-11(16)6-10-12(17)14-9-5-7(15(18)19)3-4-8(9)13-10/h3-6,13H,2H2,1H3,(H,14,17)/b10-6-. The summed E-state index contributed by atoms with van der Waals surface area (Å²) in [7, 11) is 0. The Morgan fingerprint density at radius 2 is 2.15 bits per heavy atom. The Morgan fingerprint density at radius 1 is 1.40 bits per heavy atom. The number of rotatable bonds is 3. The highest BCUT2D eigenvalue weighted by Gasteiger charge is 2.22. The number of anilines is 2. The largest absolute Gasteiger partial charge is 0.463 e. The van der Waals surface area contributed by atoms with E-state index in [9.17, 15) is 19.7 Å². The van der Waals surface area contributed by atoms with Crippen LogP contribution in [0.5, 0.6) is 0 Å². The van der Waals surface area contributed by atoms with E-state index in [0.29, 0.717) is 5.69 Å². The molecular formula is C12H11N3O5. The van der Waals surface area contributed by atoms with Crippen LogP contribution in [-0.4, -0.2) is 23.4 Å². The number of nitrogens with zero attached hydrogens (tertiary/aromatic N) is 1. The van der Waals surface area contributed by atoms with E-state index in [0.717, 1.165) is 6.08 Å². The van der Waals surface area contributed by atoms with Gasteiger partial charge in [0, 0.05) is 12.1 Å². The number of nitrogens with one attached hydrogen (secondary N) is 2. The lowest BCUT2D eigenvalue weighted by molar-refractivity contribution is -0.384. The van der Waals surface area contributed by atoms with Crippen molar-refractivity contribution in [3.63, 3.8) is 0 Å². The highest BCUT2D eigenvalue weighted by atomic mass is 16.6. The lowest BCUT2D eigenvalue weighted by atomic mass is 10.1. The third-order valence-electron chi connectivity index (χ3n) is 2.52. The lowest BCUT2D eigenvalue weighted by Gasteiger charge is -2.20. The van der Waals surface area contributed by atoms with Crippen molar-refractivity contribution in [3.8, 4) is 0 Å². The first-order chi connectivity index (χ1) is 9.51. The fourth-order valence-corrected chi connectivity index (χ4v) is 1.65. The van der Waals surface area contributed by atoms with E-state index in [1.54, 1.807) is 6.92 Å². The molecule has 1 aliphatic rings. The second-order valence-corrected chi connectivity index (χ2v) is 3.88. The number of benzene rings is 1. The second kappa shape index (κ2) is 5.39. The van der Waals surface area contributed by atoms with Crippen LogP contribution in [0.15, 0.2) is 30.0 Å². The predicted molar refractivity (Wildman–Crippen MR) is 70.1 cm³/mol. The SMILES string of the molecule is CCOC(=O)/C=C1\Nc2ccc([N+](=O)[O-])cc2NC1=O. The van der Waals surface area contributed by atoms with Crippen LogP contribution in [-0.2, 0) is 14.3 Å². The Balaban J connectivity index is 2.28. The van der Waals surface area contributed by atoms with Crippen molar-refractivity contribution in [1.82, 2.24) is 0 Å². The molecular weight excluding hydrogens is 266 g/mol. The third-order valence-corrected chi connectivity index (χ3v) is 2.52. The Labute approximate surface area is 113 Å². The minimum Gasteiger partial charge on any atom is -0.463 e. The predicted octanol–water partition coefficient (Wildman–Crippen LogP) is 1.41. The molecule has 0 unspecified atom stereocenters. The molecule has 0 saturated carbocycles. The molecule has 8 heteroatoms. The minimum absolute atomic E-state index is 0.0183. The maximum Gasteiger partial charge on any atom is 0.333 e. The van der Waals surface area contributed by atoms with Crippen LogP contribution in [0.4, 0.5) is 17.1 Å². The first-order valence-corrected chi connectivity index (χ1v) is 5.76. The Morgan fingerprint density at radius 3 is 2.80 bits per heavy atom. The number of ether oxygens (including phenoxy) is 1. The van der Waals surface area contributed by atoms with Gasteiger partial charge in [0.05, 0.1) is 29.0 Å². The summed E-state index contributed by atoms with van der Waals surface area (Å²) < 4.78 is 4.71. The molecule has 1 aromatic rings. The number of non-ortho nitro benzene ring substituents is 1. The number of nitro groups is 1. The quantitative estimate of drug-likeness (QED) is 0.374. The van der Waals surface area contributed by atoms with Gasteiger partial charge in [-0.15, -0.1) is 0 Å². The number of esters is 1. The number of hydrogen-bond donors (Lipinski definition) is 2. The molecule has 20 heavy (non-hydrogen) atoms. The van der Waals surface area contributed by atoms with Crippen LogP contribution >= 0.6 is 0 Å². The summed E-state index contributed by atoms with van der Waals surface area (Å²) in [6.07, 6.45) is 1.03. The van der Waals surface area contributed by atoms with Gasteiger partial charge in [-0.2, -0.15) is 0 Å². The van der Waals surface area contributed by atoms with Crippen LogP contribution in [0.1, 0.15) is 6.92 Å². The van der Waals surface area contributed by atoms with Gasteiger partial charge in [0.15, 0.2) is 0 Å². The fraction of sp³-hybridized carbons (Fsp3) is 0.167. The fourth-order valence-electron chi connectivity index (χ4n) is 1.65. The number of hydrogen-bond acceptors (Lipinski definition) is 6. The molecule has 0 bridgehead atoms. The van der Waals surface area contributed by atoms with Gasteiger partial charge in [0.25, 0.3) is 11.6 Å². The van der Waals surface area contributed by atoms with Gasteiger partial charge >= 0.3 is 5.97 Å². The van der Waals surface area contributed by atoms with Gasteiger partial charge in [-0.1, -0.05) is 0 Å². The van der Waals surface area contributed by atoms with E-state index in [2.05, 4.69) is 10.6 Å². The molecule has 1 heterocycles. The molecule has 0 spiro atoms. The van der Waals surface area contributed by atoms with E-state index < -0.39 is 16.8 Å². The first-order valence-electron chi connectivity index (χ1n) is 5.76. The van der Waals surface area contributed by atoms with E-state index in [-0.39, 0.29) is 23.7 Å². The molecule has 104 valence electrons. The Bertz CT molecular complexity index is 624. The maximum atomic E-state index is 11.8. The molecule has 0 radical (unpaired) electrons. The van der Waals surface area contributed by atoms with Crippen molar-refractivity contribution in [3.05, 3.63) is 40.1 Å². The molecule has 0 aliphatic carbocycles. The maximum absolute atomic E-state index is 11.8. The topological polar surface area (TPSA) is 111 Å². The summed E-state index contributed by atoms with van der Waals surface area (Å²) >= 11 is 0. The highest BCUT2D eigenvalue weighted by Crippen LogP contribution is 2.31. The van der Waals surface area contributed by atoms with Crippen LogP contribution < -0.4 is 10.6 Å². The summed E-state index contributed by atoms with van der Waals surface area (Å²) in [5.41, 5.74) is 0.629. The Kier molecular flexibility index (Phi) is 3.65. The van der Waals surface area contributed by atoms with Gasteiger partial charge in [0.2, 0.25) is 0 Å². The zero-order valence-corrected chi connectivity index (χ0v) is 10.5. The zero-order valence-electron chi connectivity index (χ0n) is 10.5. The first kappa shape index (κ1) is 13.5. The molecule has 0 fully saturated rings. The third kappa shape index (κ3) is 2.74. The molecule has 8 nitrogen and oxygen atoms in total. The van der Waals surface area contributed by atoms with Gasteiger partial charge < -0.3 is 15.4 Å². The molecule has 1 amide bonds. The Hall–Kier alpha value is -2.90. The average molecular weight is 277 g/mol. The van der Waals surface area contributed by atoms with E-state index in [1.165, 1.54) is 18.2 Å². The van der Waals surface area contributed by atoms with Gasteiger partial charge in [-0.05, 0) is 13.0 Å². The summed E-state index contributed by atoms with van der Waals surface area (Å²) in [6.45, 7) is 1.85. The van der Waals surface area contributed by atoms with E-state index in [4.69, 9.17) is 4.74 Å². The summed E-state index contributed by atoms with van der Waals surface area (Å²) in [5.74, 6) is -1.21. The number of amides is 1. The summed E-state index contributed by atoms with van der Waals surface area (Å²) in [4.78, 5) is 33.2. The van der Waals surface area contributed by atoms with Crippen molar-refractivity contribution in [2.24, 2.45) is 0 Å². The van der Waals surface area contributed by atoms with Crippen molar-refractivity contribution in [2.75, 3.05) is 17.2 Å². The van der Waals surface area contributed by atoms with Crippen molar-refractivity contribution in [1.29, 1.82) is 0 Å². The van der Waals surface area contributed by atoms with Crippen molar-refractivity contribution >= 4 is 28.9 Å². The van der Waals surface area contributed by atoms with Gasteiger partial charge in [-0.3, -0.25) is 14.9 Å². The number of carbonyl (C=O) groups is 2. The van der Waals surface area contributed by atoms with Crippen LogP contribution in [0, 0.1) is 10.1 Å². The second-order valence-electron chi connectivity index (χ2n) is 3.88. The number of fused-ring (bicyclic) bond motifs is 1. The molecule has 2 N–H and O–H groups in total. The minimum atomic E-state index is -0.643. The zero-order chi connectivity index (χ0) is 14.7. The van der Waals surface area contributed by atoms with Crippen molar-refractivity contribution < 1.29 is 19.2 Å². The molecule has 0 saturated heterocycles. The molecule has 0 aromatic heterocycles. The summed E-state index contributed by atoms with van der Waals surface area (Å²) in [6, 6.07) is 3.98. The van der Waals surface area contributed by atoms with E-state index in [1.807, 2.05) is 0 Å². The van der Waals surface area contributed by atoms with Gasteiger partial charge in [-0.25, -0.2) is 4.79 Å². The molecule has 2 rings (SSSR count). The highest BCUT2D eigenvalue weighted by molar-refractivity contribution is 6.13. The number of nitro benzene ring substituents is 1. The molecule has 1 aromatic carbocycles. The normalized spacial score (nSPS) is 15.1. The summed E-state index contributed by atoms with van der Waals surface area (Å²) in [5, 5.41) is 15.8. The molecule has 0 atom stereocenters. The van der Waals surface area contributed by atoms with Crippen LogP contribution in [0.25, 0.3) is 0 Å². The van der Waals surface area contributed by atoms with Crippen molar-refractivity contribution in [2.45, 2.75) is 6.92 Å². The van der Waals surface area contributed by atoms with Crippen LogP contribution in [0.2, 0.25) is 0 Å². The smallest absolute Gasteiger partial charge is 0.333 e. The van der Waals surface area contributed by atoms with E-state index >= 15 is 0 Å². The molecule has 1 aliphatic heterocycles. The average Bonchev–Trinajstić information content (AvgIpc) is 2.39.